The van der Waals surface area contributed by atoms with Crippen molar-refractivity contribution in [3.63, 3.8) is 0 Å². The molecule has 0 unspecified atom stereocenters. The summed E-state index contributed by atoms with van der Waals surface area (Å²) in [7, 11) is 0. The van der Waals surface area contributed by atoms with Gasteiger partial charge in [-0.3, -0.25) is 4.79 Å². The number of halogens is 1. The zero-order chi connectivity index (χ0) is 10.1. The molecule has 3 nitrogen and oxygen atoms in total. The van der Waals surface area contributed by atoms with Gasteiger partial charge in [0.25, 0.3) is 0 Å². The zero-order valence-corrected chi connectivity index (χ0v) is 7.91. The summed E-state index contributed by atoms with van der Waals surface area (Å²) in [6.07, 6.45) is 1.14. The van der Waals surface area contributed by atoms with E-state index in [4.69, 9.17) is 16.3 Å². The lowest BCUT2D eigenvalue weighted by molar-refractivity contribution is -0.116. The number of benzene rings is 1. The van der Waals surface area contributed by atoms with Gasteiger partial charge in [-0.2, -0.15) is 0 Å². The van der Waals surface area contributed by atoms with E-state index in [1.54, 1.807) is 18.2 Å². The molecular formula is C10H7ClO3. The first-order valence-corrected chi connectivity index (χ1v) is 4.41. The Morgan fingerprint density at radius 2 is 2.21 bits per heavy atom. The molecule has 0 amide bonds. The minimum atomic E-state index is -0.269. The van der Waals surface area contributed by atoms with Crippen molar-refractivity contribution < 1.29 is 14.6 Å². The lowest BCUT2D eigenvalue weighted by Gasteiger charge is -2.06. The summed E-state index contributed by atoms with van der Waals surface area (Å²) in [5, 5.41) is 10.0. The fourth-order valence-electron chi connectivity index (χ4n) is 1.25. The normalized spacial score (nSPS) is 15.2. The van der Waals surface area contributed by atoms with E-state index < -0.39 is 0 Å². The number of ketones is 1. The Hall–Kier alpha value is -1.48. The van der Waals surface area contributed by atoms with Gasteiger partial charge in [0.1, 0.15) is 11.5 Å². The largest absolute Gasteiger partial charge is 0.507 e. The van der Waals surface area contributed by atoms with Gasteiger partial charge >= 0.3 is 0 Å². The van der Waals surface area contributed by atoms with E-state index in [1.807, 2.05) is 0 Å². The molecule has 1 N–H and O–H groups in total. The highest BCUT2D eigenvalue weighted by Crippen LogP contribution is 2.29. The van der Waals surface area contributed by atoms with Gasteiger partial charge in [-0.05, 0) is 18.2 Å². The molecule has 0 radical (unpaired) electrons. The molecule has 2 rings (SSSR count). The van der Waals surface area contributed by atoms with Crippen molar-refractivity contribution in [1.29, 1.82) is 0 Å². The van der Waals surface area contributed by atoms with Crippen LogP contribution in [0.15, 0.2) is 24.3 Å². The molecule has 0 fully saturated rings. The second kappa shape index (κ2) is 3.35. The minimum Gasteiger partial charge on any atom is -0.507 e. The number of aliphatic hydroxyl groups is 1. The second-order valence-electron chi connectivity index (χ2n) is 2.93. The number of aliphatic hydroxyl groups excluding tert-OH is 1. The second-order valence-corrected chi connectivity index (χ2v) is 3.36. The zero-order valence-electron chi connectivity index (χ0n) is 7.16. The van der Waals surface area contributed by atoms with E-state index in [1.165, 1.54) is 0 Å². The summed E-state index contributed by atoms with van der Waals surface area (Å²) >= 11 is 5.75. The quantitative estimate of drug-likeness (QED) is 0.714. The summed E-state index contributed by atoms with van der Waals surface area (Å²) in [4.78, 5) is 11.1. The highest BCUT2D eigenvalue weighted by Gasteiger charge is 2.15. The molecule has 0 saturated heterocycles. The van der Waals surface area contributed by atoms with E-state index in [-0.39, 0.29) is 18.1 Å². The van der Waals surface area contributed by atoms with Gasteiger partial charge in [-0.15, -0.1) is 0 Å². The number of ether oxygens (including phenoxy) is 1. The third-order valence-corrected chi connectivity index (χ3v) is 2.12. The molecule has 4 heteroatoms. The summed E-state index contributed by atoms with van der Waals surface area (Å²) in [6, 6.07) is 4.82. The van der Waals surface area contributed by atoms with E-state index in [9.17, 15) is 9.90 Å². The van der Waals surface area contributed by atoms with Crippen LogP contribution in [-0.4, -0.2) is 17.5 Å². The van der Waals surface area contributed by atoms with Crippen LogP contribution in [0.3, 0.4) is 0 Å². The van der Waals surface area contributed by atoms with Crippen LogP contribution in [0.5, 0.6) is 5.75 Å². The van der Waals surface area contributed by atoms with Gasteiger partial charge in [0.2, 0.25) is 0 Å². The van der Waals surface area contributed by atoms with Gasteiger partial charge in [0.05, 0.1) is 5.56 Å². The summed E-state index contributed by atoms with van der Waals surface area (Å²) in [5.74, 6) is 0.0915. The van der Waals surface area contributed by atoms with Crippen LogP contribution in [0.2, 0.25) is 5.02 Å². The Labute approximate surface area is 85.6 Å². The summed E-state index contributed by atoms with van der Waals surface area (Å²) in [5.41, 5.74) is 0.448. The van der Waals surface area contributed by atoms with Crippen LogP contribution < -0.4 is 4.74 Å². The molecule has 1 heterocycles. The summed E-state index contributed by atoms with van der Waals surface area (Å²) < 4.78 is 5.17. The molecule has 72 valence electrons. The molecule has 0 atom stereocenters. The number of hydrogen-bond donors (Lipinski definition) is 1. The van der Waals surface area contributed by atoms with E-state index in [0.29, 0.717) is 16.3 Å². The molecule has 1 aromatic rings. The first kappa shape index (κ1) is 9.09. The smallest absolute Gasteiger partial charge is 0.196 e. The van der Waals surface area contributed by atoms with Crippen molar-refractivity contribution in [2.75, 3.05) is 6.61 Å². The third kappa shape index (κ3) is 1.59. The summed E-state index contributed by atoms with van der Waals surface area (Å²) in [6.45, 7) is -0.0569. The molecule has 0 bridgehead atoms. The molecule has 0 spiro atoms. The van der Waals surface area contributed by atoms with Crippen molar-refractivity contribution in [1.82, 2.24) is 0 Å². The average molecular weight is 211 g/mol. The number of rotatable bonds is 0. The van der Waals surface area contributed by atoms with Gasteiger partial charge in [0.15, 0.2) is 12.4 Å². The van der Waals surface area contributed by atoms with Gasteiger partial charge in [-0.25, -0.2) is 0 Å². The predicted octanol–water partition coefficient (Wildman–Crippen LogP) is 2.20. The van der Waals surface area contributed by atoms with Crippen molar-refractivity contribution in [2.24, 2.45) is 0 Å². The number of carbonyl (C=O) groups excluding carboxylic acids is 1. The molecule has 0 aliphatic carbocycles. The molecule has 0 saturated carbocycles. The Balaban J connectivity index is 2.56. The van der Waals surface area contributed by atoms with Gasteiger partial charge < -0.3 is 9.84 Å². The lowest BCUT2D eigenvalue weighted by Crippen LogP contribution is -2.06. The predicted molar refractivity (Wildman–Crippen MR) is 52.6 cm³/mol. The van der Waals surface area contributed by atoms with Crippen LogP contribution in [-0.2, 0) is 4.79 Å². The Morgan fingerprint density at radius 3 is 3.00 bits per heavy atom. The standard InChI is InChI=1S/C10H7ClO3/c11-6-1-2-10-8(3-6)9(13)4-7(12)5-14-10/h1-4,13H,5H2. The maximum atomic E-state index is 11.1. The van der Waals surface area contributed by atoms with E-state index >= 15 is 0 Å². The maximum absolute atomic E-state index is 11.1. The average Bonchev–Trinajstić information content (AvgIpc) is 2.27. The molecular weight excluding hydrogens is 204 g/mol. The van der Waals surface area contributed by atoms with Crippen molar-refractivity contribution >= 4 is 23.1 Å². The first-order chi connectivity index (χ1) is 6.66. The highest BCUT2D eigenvalue weighted by atomic mass is 35.5. The van der Waals surface area contributed by atoms with Crippen LogP contribution in [0.1, 0.15) is 5.56 Å². The first-order valence-electron chi connectivity index (χ1n) is 4.03. The molecule has 14 heavy (non-hydrogen) atoms. The molecule has 1 aromatic carbocycles. The van der Waals surface area contributed by atoms with Crippen molar-refractivity contribution in [3.05, 3.63) is 34.9 Å². The third-order valence-electron chi connectivity index (χ3n) is 1.89. The van der Waals surface area contributed by atoms with Crippen LogP contribution in [0, 0.1) is 0 Å². The van der Waals surface area contributed by atoms with E-state index in [0.717, 1.165) is 6.08 Å². The number of fused-ring (bicyclic) bond motifs is 1. The van der Waals surface area contributed by atoms with Crippen LogP contribution >= 0.6 is 11.6 Å². The Bertz CT molecular complexity index is 423. The highest BCUT2D eigenvalue weighted by molar-refractivity contribution is 6.30. The van der Waals surface area contributed by atoms with Crippen molar-refractivity contribution in [3.8, 4) is 5.75 Å². The fraction of sp³-hybridized carbons (Fsp3) is 0.100. The fourth-order valence-corrected chi connectivity index (χ4v) is 1.42. The Kier molecular flexibility index (Phi) is 2.17. The monoisotopic (exact) mass is 210 g/mol. The van der Waals surface area contributed by atoms with Gasteiger partial charge in [-0.1, -0.05) is 11.6 Å². The molecule has 1 aliphatic heterocycles. The van der Waals surface area contributed by atoms with Crippen LogP contribution in [0.4, 0.5) is 0 Å². The Morgan fingerprint density at radius 1 is 1.43 bits per heavy atom. The van der Waals surface area contributed by atoms with Crippen LogP contribution in [0.25, 0.3) is 5.76 Å². The minimum absolute atomic E-state index is 0.0569. The topological polar surface area (TPSA) is 46.5 Å². The molecule has 1 aliphatic rings. The number of hydrogen-bond acceptors (Lipinski definition) is 3. The van der Waals surface area contributed by atoms with Gasteiger partial charge in [0, 0.05) is 11.1 Å². The van der Waals surface area contributed by atoms with Crippen molar-refractivity contribution in [2.45, 2.75) is 0 Å². The number of carbonyl (C=O) groups is 1. The lowest BCUT2D eigenvalue weighted by atomic mass is 10.1. The molecule has 0 aromatic heterocycles. The SMILES string of the molecule is O=C1C=C(O)c2cc(Cl)ccc2OC1. The van der Waals surface area contributed by atoms with E-state index in [2.05, 4.69) is 0 Å². The maximum Gasteiger partial charge on any atom is 0.196 e.